The largest absolute Gasteiger partial charge is 0.297 e. The second-order valence-electron chi connectivity index (χ2n) is 3.91. The molecule has 1 rings (SSSR count). The normalized spacial score (nSPS) is 31.0. The van der Waals surface area contributed by atoms with Gasteiger partial charge in [-0.15, -0.1) is 23.4 Å². The summed E-state index contributed by atoms with van der Waals surface area (Å²) in [6.45, 7) is 3.74. The number of carbonyl (C=O) groups excluding carboxylic acids is 2. The molecule has 2 unspecified atom stereocenters. The molecule has 82 valence electrons. The summed E-state index contributed by atoms with van der Waals surface area (Å²) < 4.78 is 0. The van der Waals surface area contributed by atoms with E-state index in [-0.39, 0.29) is 23.9 Å². The van der Waals surface area contributed by atoms with Crippen LogP contribution in [0.25, 0.3) is 0 Å². The number of hydrogen-bond donors (Lipinski definition) is 0. The van der Waals surface area contributed by atoms with Crippen LogP contribution in [0.5, 0.6) is 0 Å². The fraction of sp³-hybridized carbons (Fsp3) is 0.667. The van der Waals surface area contributed by atoms with Crippen molar-refractivity contribution < 1.29 is 9.59 Å². The Morgan fingerprint density at radius 2 is 2.13 bits per heavy atom. The number of alkyl halides is 1. The van der Waals surface area contributed by atoms with Crippen LogP contribution in [-0.2, 0) is 9.59 Å². The van der Waals surface area contributed by atoms with Crippen molar-refractivity contribution >= 4 is 23.2 Å². The lowest BCUT2D eigenvalue weighted by Gasteiger charge is -2.30. The van der Waals surface area contributed by atoms with Crippen molar-refractivity contribution in [3.8, 4) is 11.8 Å². The Kier molecular flexibility index (Phi) is 3.93. The fourth-order valence-corrected chi connectivity index (χ4v) is 2.05. The highest BCUT2D eigenvalue weighted by molar-refractivity contribution is 6.47. The zero-order valence-corrected chi connectivity index (χ0v) is 9.86. The maximum Gasteiger partial charge on any atom is 0.172 e. The zero-order chi connectivity index (χ0) is 11.5. The summed E-state index contributed by atoms with van der Waals surface area (Å²) in [6.07, 6.45) is 1.88. The molecule has 1 aliphatic carbocycles. The molecule has 1 saturated carbocycles. The lowest BCUT2D eigenvalue weighted by molar-refractivity contribution is -0.136. The molecule has 1 fully saturated rings. The van der Waals surface area contributed by atoms with Gasteiger partial charge in [-0.1, -0.05) is 13.8 Å². The van der Waals surface area contributed by atoms with E-state index in [0.29, 0.717) is 19.3 Å². The topological polar surface area (TPSA) is 34.1 Å². The molecule has 1 aliphatic rings. The molecular weight excluding hydrogens is 212 g/mol. The maximum atomic E-state index is 11.8. The number of ketones is 2. The van der Waals surface area contributed by atoms with E-state index in [1.165, 1.54) is 0 Å². The molecule has 0 bridgehead atoms. The minimum atomic E-state index is -1.36. The van der Waals surface area contributed by atoms with Gasteiger partial charge in [0.2, 0.25) is 0 Å². The van der Waals surface area contributed by atoms with Crippen LogP contribution in [-0.4, -0.2) is 16.4 Å². The van der Waals surface area contributed by atoms with Gasteiger partial charge in [0.1, 0.15) is 0 Å². The molecular formula is C12H15ClO2. The van der Waals surface area contributed by atoms with Crippen LogP contribution >= 0.6 is 11.6 Å². The van der Waals surface area contributed by atoms with E-state index in [0.717, 1.165) is 0 Å². The summed E-state index contributed by atoms with van der Waals surface area (Å²) in [5.41, 5.74) is 0. The monoisotopic (exact) mass is 226 g/mol. The summed E-state index contributed by atoms with van der Waals surface area (Å²) in [7, 11) is 0. The third kappa shape index (κ3) is 2.41. The van der Waals surface area contributed by atoms with Crippen LogP contribution in [0.4, 0.5) is 0 Å². The molecule has 0 aliphatic heterocycles. The summed E-state index contributed by atoms with van der Waals surface area (Å²) in [6, 6.07) is 0. The van der Waals surface area contributed by atoms with E-state index in [9.17, 15) is 9.59 Å². The third-order valence-corrected chi connectivity index (χ3v) is 3.25. The van der Waals surface area contributed by atoms with Crippen molar-refractivity contribution in [1.29, 1.82) is 0 Å². The van der Waals surface area contributed by atoms with Crippen LogP contribution in [0.2, 0.25) is 0 Å². The van der Waals surface area contributed by atoms with Gasteiger partial charge in [-0.05, 0) is 6.42 Å². The average Bonchev–Trinajstić information content (AvgIpc) is 2.22. The first kappa shape index (κ1) is 12.3. The molecule has 0 aromatic carbocycles. The zero-order valence-electron chi connectivity index (χ0n) is 9.10. The Bertz CT molecular complexity index is 337. The van der Waals surface area contributed by atoms with Gasteiger partial charge in [0.05, 0.1) is 0 Å². The molecule has 0 aromatic heterocycles. The molecule has 0 aromatic rings. The number of carbonyl (C=O) groups is 2. The van der Waals surface area contributed by atoms with Crippen molar-refractivity contribution in [3.05, 3.63) is 0 Å². The molecule has 0 radical (unpaired) electrons. The van der Waals surface area contributed by atoms with E-state index < -0.39 is 4.87 Å². The third-order valence-electron chi connectivity index (χ3n) is 2.72. The quantitative estimate of drug-likeness (QED) is 0.391. The van der Waals surface area contributed by atoms with Gasteiger partial charge in [-0.25, -0.2) is 0 Å². The number of rotatable bonds is 1. The van der Waals surface area contributed by atoms with Crippen molar-refractivity contribution in [2.45, 2.75) is 44.4 Å². The van der Waals surface area contributed by atoms with Crippen LogP contribution in [0, 0.1) is 17.8 Å². The Hall–Kier alpha value is -0.810. The molecule has 0 amide bonds. The average molecular weight is 227 g/mol. The SMILES string of the molecule is CCC#CCC1(Cl)C(=O)CCC(C)C1=O. The minimum absolute atomic E-state index is 0.122. The molecule has 0 heterocycles. The van der Waals surface area contributed by atoms with Gasteiger partial charge in [-0.3, -0.25) is 9.59 Å². The van der Waals surface area contributed by atoms with Crippen molar-refractivity contribution in [2.75, 3.05) is 0 Å². The maximum absolute atomic E-state index is 11.8. The van der Waals surface area contributed by atoms with E-state index in [1.54, 1.807) is 0 Å². The second kappa shape index (κ2) is 4.81. The molecule has 3 heteroatoms. The lowest BCUT2D eigenvalue weighted by atomic mass is 9.78. The first-order valence-electron chi connectivity index (χ1n) is 5.24. The standard InChI is InChI=1S/C12H15ClO2/c1-3-4-5-8-12(13)10(14)7-6-9(2)11(12)15/h9H,3,6-8H2,1-2H3. The summed E-state index contributed by atoms with van der Waals surface area (Å²) >= 11 is 6.11. The van der Waals surface area contributed by atoms with Gasteiger partial charge >= 0.3 is 0 Å². The fourth-order valence-electron chi connectivity index (χ4n) is 1.70. The van der Waals surface area contributed by atoms with Crippen molar-refractivity contribution in [3.63, 3.8) is 0 Å². The highest BCUT2D eigenvalue weighted by Crippen LogP contribution is 2.34. The van der Waals surface area contributed by atoms with Gasteiger partial charge < -0.3 is 0 Å². The van der Waals surface area contributed by atoms with Gasteiger partial charge in [0.25, 0.3) is 0 Å². The summed E-state index contributed by atoms with van der Waals surface area (Å²) in [4.78, 5) is 22.1. The van der Waals surface area contributed by atoms with Gasteiger partial charge in [0, 0.05) is 25.2 Å². The molecule has 0 N–H and O–H groups in total. The number of Topliss-reactive ketones (excluding diaryl/α,β-unsaturated/α-hetero) is 2. The highest BCUT2D eigenvalue weighted by Gasteiger charge is 2.47. The predicted molar refractivity (Wildman–Crippen MR) is 59.7 cm³/mol. The minimum Gasteiger partial charge on any atom is -0.297 e. The Labute approximate surface area is 95.4 Å². The molecule has 2 nitrogen and oxygen atoms in total. The van der Waals surface area contributed by atoms with Crippen LogP contribution in [0.15, 0.2) is 0 Å². The van der Waals surface area contributed by atoms with Crippen LogP contribution in [0.1, 0.15) is 39.5 Å². The first-order chi connectivity index (χ1) is 7.02. The lowest BCUT2D eigenvalue weighted by Crippen LogP contribution is -2.47. The smallest absolute Gasteiger partial charge is 0.172 e. The van der Waals surface area contributed by atoms with E-state index in [4.69, 9.17) is 11.6 Å². The van der Waals surface area contributed by atoms with E-state index in [2.05, 4.69) is 11.8 Å². The summed E-state index contributed by atoms with van der Waals surface area (Å²) in [5, 5.41) is 0. The van der Waals surface area contributed by atoms with Crippen LogP contribution in [0.3, 0.4) is 0 Å². The van der Waals surface area contributed by atoms with Crippen molar-refractivity contribution in [2.24, 2.45) is 5.92 Å². The molecule has 0 spiro atoms. The number of halogens is 1. The second-order valence-corrected chi connectivity index (χ2v) is 4.56. The van der Waals surface area contributed by atoms with E-state index in [1.807, 2.05) is 13.8 Å². The number of hydrogen-bond acceptors (Lipinski definition) is 2. The highest BCUT2D eigenvalue weighted by atomic mass is 35.5. The van der Waals surface area contributed by atoms with Gasteiger partial charge in [-0.2, -0.15) is 0 Å². The summed E-state index contributed by atoms with van der Waals surface area (Å²) in [5.74, 6) is 5.19. The van der Waals surface area contributed by atoms with Crippen molar-refractivity contribution in [1.82, 2.24) is 0 Å². The predicted octanol–water partition coefficient (Wildman–Crippen LogP) is 2.34. The Balaban J connectivity index is 2.86. The molecule has 2 atom stereocenters. The Morgan fingerprint density at radius 1 is 1.47 bits per heavy atom. The van der Waals surface area contributed by atoms with Gasteiger partial charge in [0.15, 0.2) is 16.4 Å². The first-order valence-corrected chi connectivity index (χ1v) is 5.62. The molecule has 15 heavy (non-hydrogen) atoms. The van der Waals surface area contributed by atoms with Crippen LogP contribution < -0.4 is 0 Å². The Morgan fingerprint density at radius 3 is 2.73 bits per heavy atom. The molecule has 0 saturated heterocycles. The van der Waals surface area contributed by atoms with E-state index >= 15 is 0 Å².